The first-order valence-corrected chi connectivity index (χ1v) is 10.7. The van der Waals surface area contributed by atoms with E-state index in [4.69, 9.17) is 11.6 Å². The summed E-state index contributed by atoms with van der Waals surface area (Å²) in [6, 6.07) is 14.0. The fourth-order valence-corrected chi connectivity index (χ4v) is 4.60. The fourth-order valence-electron chi connectivity index (χ4n) is 4.44. The Morgan fingerprint density at radius 1 is 1.03 bits per heavy atom. The minimum atomic E-state index is 0.0409. The van der Waals surface area contributed by atoms with Crippen molar-refractivity contribution in [1.29, 1.82) is 0 Å². The Labute approximate surface area is 181 Å². The van der Waals surface area contributed by atoms with E-state index in [-0.39, 0.29) is 5.91 Å². The van der Waals surface area contributed by atoms with Crippen LogP contribution in [0.25, 0.3) is 22.6 Å². The second-order valence-electron chi connectivity index (χ2n) is 8.23. The molecule has 1 saturated heterocycles. The van der Waals surface area contributed by atoms with Gasteiger partial charge in [-0.05, 0) is 31.3 Å². The number of aromatic nitrogens is 1. The topological polar surface area (TPSA) is 31.7 Å². The molecule has 5 rings (SSSR count). The number of carbonyl (C=O) groups is 1. The van der Waals surface area contributed by atoms with Crippen molar-refractivity contribution >= 4 is 45.7 Å². The lowest BCUT2D eigenvalue weighted by molar-refractivity contribution is -0.113. The van der Waals surface area contributed by atoms with Crippen LogP contribution in [-0.4, -0.2) is 60.2 Å². The number of anilines is 1. The summed E-state index contributed by atoms with van der Waals surface area (Å²) in [6.07, 6.45) is 4.12. The van der Waals surface area contributed by atoms with Crippen LogP contribution in [0, 0.1) is 0 Å². The lowest BCUT2D eigenvalue weighted by Gasteiger charge is -2.34. The maximum absolute atomic E-state index is 13.5. The van der Waals surface area contributed by atoms with Crippen LogP contribution in [0.15, 0.2) is 48.7 Å². The van der Waals surface area contributed by atoms with E-state index in [0.717, 1.165) is 59.5 Å². The number of amides is 1. The maximum Gasteiger partial charge on any atom is 0.260 e. The summed E-state index contributed by atoms with van der Waals surface area (Å²) in [4.78, 5) is 20.1. The van der Waals surface area contributed by atoms with E-state index < -0.39 is 0 Å². The molecule has 2 aliphatic rings. The molecule has 0 spiro atoms. The third-order valence-electron chi connectivity index (χ3n) is 6.18. The molecule has 154 valence electrons. The predicted molar refractivity (Wildman–Crippen MR) is 124 cm³/mol. The molecule has 1 fully saturated rings. The Balaban J connectivity index is 1.55. The first-order chi connectivity index (χ1) is 14.5. The zero-order valence-corrected chi connectivity index (χ0v) is 18.1. The van der Waals surface area contributed by atoms with Gasteiger partial charge in [-0.2, -0.15) is 0 Å². The highest BCUT2D eigenvalue weighted by Crippen LogP contribution is 2.40. The first kappa shape index (κ1) is 19.4. The van der Waals surface area contributed by atoms with Gasteiger partial charge in [0.1, 0.15) is 0 Å². The molecule has 6 heteroatoms. The average Bonchev–Trinajstić information content (AvgIpc) is 3.19. The van der Waals surface area contributed by atoms with Crippen molar-refractivity contribution in [2.45, 2.75) is 0 Å². The summed E-state index contributed by atoms with van der Waals surface area (Å²) in [5, 5.41) is 1.80. The van der Waals surface area contributed by atoms with Crippen molar-refractivity contribution in [2.24, 2.45) is 7.05 Å². The molecule has 0 atom stereocenters. The zero-order chi connectivity index (χ0) is 20.8. The second kappa shape index (κ2) is 7.58. The fraction of sp³-hybridized carbons (Fsp3) is 0.292. The van der Waals surface area contributed by atoms with Crippen molar-refractivity contribution in [3.63, 3.8) is 0 Å². The average molecular weight is 421 g/mol. The number of nitrogens with zero attached hydrogens (tertiary/aromatic N) is 4. The molecular weight excluding hydrogens is 396 g/mol. The molecule has 0 aliphatic carbocycles. The van der Waals surface area contributed by atoms with E-state index in [1.54, 1.807) is 0 Å². The molecule has 0 radical (unpaired) electrons. The van der Waals surface area contributed by atoms with Crippen LogP contribution in [0.1, 0.15) is 11.1 Å². The van der Waals surface area contributed by atoms with Gasteiger partial charge in [-0.25, -0.2) is 0 Å². The zero-order valence-electron chi connectivity index (χ0n) is 17.3. The van der Waals surface area contributed by atoms with E-state index in [0.29, 0.717) is 11.7 Å². The van der Waals surface area contributed by atoms with Crippen molar-refractivity contribution in [3.05, 3.63) is 64.8 Å². The molecule has 0 N–H and O–H groups in total. The molecule has 1 aromatic heterocycles. The monoisotopic (exact) mass is 420 g/mol. The van der Waals surface area contributed by atoms with Gasteiger partial charge in [0.25, 0.3) is 5.91 Å². The third kappa shape index (κ3) is 3.33. The molecule has 2 aliphatic heterocycles. The number of piperazine rings is 1. The van der Waals surface area contributed by atoms with Crippen molar-refractivity contribution in [1.82, 2.24) is 14.4 Å². The highest BCUT2D eigenvalue weighted by atomic mass is 35.5. The maximum atomic E-state index is 13.5. The minimum absolute atomic E-state index is 0.0409. The van der Waals surface area contributed by atoms with Crippen LogP contribution in [0.2, 0.25) is 5.02 Å². The number of aryl methyl sites for hydroxylation is 1. The Bertz CT molecular complexity index is 1160. The number of hydrogen-bond donors (Lipinski definition) is 0. The van der Waals surface area contributed by atoms with Gasteiger partial charge in [0, 0.05) is 72.0 Å². The van der Waals surface area contributed by atoms with Crippen molar-refractivity contribution < 1.29 is 4.79 Å². The molecule has 3 heterocycles. The molecule has 0 bridgehead atoms. The number of rotatable bonds is 3. The van der Waals surface area contributed by atoms with Gasteiger partial charge in [-0.3, -0.25) is 14.6 Å². The summed E-state index contributed by atoms with van der Waals surface area (Å²) < 4.78 is 2.10. The molecule has 0 unspecified atom stereocenters. The quantitative estimate of drug-likeness (QED) is 0.602. The van der Waals surface area contributed by atoms with E-state index in [1.165, 1.54) is 0 Å². The number of halogens is 1. The predicted octanol–water partition coefficient (Wildman–Crippen LogP) is 3.92. The number of likely N-dealkylation sites (N-methyl/N-ethyl adjacent to an activating group) is 1. The SMILES string of the molecule is CN1CCN(CN2C(=O)C(=Cc3cn(C)c4ccccc34)c3ccc(Cl)cc32)CC1. The normalized spacial score (nSPS) is 19.2. The highest BCUT2D eigenvalue weighted by Gasteiger charge is 2.34. The molecule has 5 nitrogen and oxygen atoms in total. The molecule has 3 aromatic rings. The van der Waals surface area contributed by atoms with E-state index >= 15 is 0 Å². The third-order valence-corrected chi connectivity index (χ3v) is 6.42. The van der Waals surface area contributed by atoms with Crippen LogP contribution in [0.5, 0.6) is 0 Å². The number of para-hydroxylation sites is 1. The van der Waals surface area contributed by atoms with Crippen LogP contribution in [0.3, 0.4) is 0 Å². The van der Waals surface area contributed by atoms with Crippen LogP contribution >= 0.6 is 11.6 Å². The Kier molecular flexibility index (Phi) is 4.89. The minimum Gasteiger partial charge on any atom is -0.350 e. The van der Waals surface area contributed by atoms with Gasteiger partial charge >= 0.3 is 0 Å². The lowest BCUT2D eigenvalue weighted by atomic mass is 10.0. The molecule has 30 heavy (non-hydrogen) atoms. The van der Waals surface area contributed by atoms with Gasteiger partial charge in [0.05, 0.1) is 12.4 Å². The summed E-state index contributed by atoms with van der Waals surface area (Å²) in [5.74, 6) is 0.0409. The van der Waals surface area contributed by atoms with Crippen molar-refractivity contribution in [3.8, 4) is 0 Å². The lowest BCUT2D eigenvalue weighted by Crippen LogP contribution is -2.49. The molecule has 2 aromatic carbocycles. The van der Waals surface area contributed by atoms with Crippen LogP contribution in [0.4, 0.5) is 5.69 Å². The number of fused-ring (bicyclic) bond motifs is 2. The van der Waals surface area contributed by atoms with Crippen LogP contribution < -0.4 is 4.90 Å². The van der Waals surface area contributed by atoms with Gasteiger partial charge < -0.3 is 9.47 Å². The second-order valence-corrected chi connectivity index (χ2v) is 8.66. The van der Waals surface area contributed by atoms with E-state index in [1.807, 2.05) is 48.4 Å². The Morgan fingerprint density at radius 3 is 2.60 bits per heavy atom. The van der Waals surface area contributed by atoms with E-state index in [2.05, 4.69) is 39.7 Å². The number of hydrogen-bond acceptors (Lipinski definition) is 3. The molecular formula is C24H25ClN4O. The standard InChI is InChI=1S/C24H25ClN4O/c1-26-9-11-28(12-10-26)16-29-23-14-18(25)7-8-20(23)21(24(29)30)13-17-15-27(2)22-6-4-3-5-19(17)22/h3-8,13-15H,9-12,16H2,1-2H3. The van der Waals surface area contributed by atoms with E-state index in [9.17, 15) is 4.79 Å². The van der Waals surface area contributed by atoms with Crippen molar-refractivity contribution in [2.75, 3.05) is 44.8 Å². The summed E-state index contributed by atoms with van der Waals surface area (Å²) in [7, 11) is 4.17. The smallest absolute Gasteiger partial charge is 0.260 e. The summed E-state index contributed by atoms with van der Waals surface area (Å²) in [5.41, 5.74) is 4.79. The molecule has 0 saturated carbocycles. The summed E-state index contributed by atoms with van der Waals surface area (Å²) in [6.45, 7) is 4.54. The molecule has 1 amide bonds. The number of carbonyl (C=O) groups excluding carboxylic acids is 1. The number of benzene rings is 2. The van der Waals surface area contributed by atoms with Gasteiger partial charge in [0.15, 0.2) is 0 Å². The van der Waals surface area contributed by atoms with Gasteiger partial charge in [-0.15, -0.1) is 0 Å². The largest absolute Gasteiger partial charge is 0.350 e. The van der Waals surface area contributed by atoms with Gasteiger partial charge in [-0.1, -0.05) is 35.9 Å². The Morgan fingerprint density at radius 2 is 1.80 bits per heavy atom. The van der Waals surface area contributed by atoms with Gasteiger partial charge in [0.2, 0.25) is 0 Å². The summed E-state index contributed by atoms with van der Waals surface area (Å²) >= 11 is 6.31. The first-order valence-electron chi connectivity index (χ1n) is 10.3. The van der Waals surface area contributed by atoms with Crippen LogP contribution in [-0.2, 0) is 11.8 Å². The highest BCUT2D eigenvalue weighted by molar-refractivity contribution is 6.37. The Hall–Kier alpha value is -2.60.